The van der Waals surface area contributed by atoms with Gasteiger partial charge in [0.1, 0.15) is 0 Å². The Balaban J connectivity index is 2.82. The summed E-state index contributed by atoms with van der Waals surface area (Å²) in [6, 6.07) is 2.99. The number of hydrogen-bond donors (Lipinski definition) is 2. The van der Waals surface area contributed by atoms with Gasteiger partial charge in [0.25, 0.3) is 0 Å². The molecule has 16 heavy (non-hydrogen) atoms. The minimum atomic E-state index is -0.450. The van der Waals surface area contributed by atoms with Crippen molar-refractivity contribution in [3.05, 3.63) is 28.4 Å². The van der Waals surface area contributed by atoms with E-state index in [-0.39, 0.29) is 17.5 Å². The van der Waals surface area contributed by atoms with Gasteiger partial charge in [-0.3, -0.25) is 10.1 Å². The molecule has 0 amide bonds. The Bertz CT molecular complexity index is 356. The Labute approximate surface area is 94.0 Å². The highest BCUT2D eigenvalue weighted by molar-refractivity contribution is 5.55. The molecule has 1 rings (SSSR count). The van der Waals surface area contributed by atoms with Crippen LogP contribution in [0.4, 0.5) is 11.5 Å². The average Bonchev–Trinajstić information content (AvgIpc) is 2.29. The van der Waals surface area contributed by atoms with Gasteiger partial charge in [-0.2, -0.15) is 0 Å². The van der Waals surface area contributed by atoms with E-state index in [0.29, 0.717) is 6.54 Å². The summed E-state index contributed by atoms with van der Waals surface area (Å²) in [4.78, 5) is 14.3. The lowest BCUT2D eigenvalue weighted by Crippen LogP contribution is -2.29. The van der Waals surface area contributed by atoms with Crippen molar-refractivity contribution in [3.8, 4) is 0 Å². The molecule has 1 aromatic heterocycles. The molecule has 6 heteroatoms. The molecule has 0 aliphatic rings. The van der Waals surface area contributed by atoms with Crippen molar-refractivity contribution in [1.29, 1.82) is 0 Å². The van der Waals surface area contributed by atoms with E-state index in [1.807, 2.05) is 6.92 Å². The highest BCUT2D eigenvalue weighted by atomic mass is 16.6. The number of pyridine rings is 1. The van der Waals surface area contributed by atoms with Crippen LogP contribution in [0.5, 0.6) is 0 Å². The number of nitrogens with two attached hydrogens (primary N) is 1. The van der Waals surface area contributed by atoms with E-state index in [0.717, 1.165) is 12.8 Å². The SMILES string of the molecule is CCCC(CN)Nc1ncccc1[N+](=O)[O-]. The largest absolute Gasteiger partial charge is 0.360 e. The van der Waals surface area contributed by atoms with Crippen LogP contribution in [-0.4, -0.2) is 22.5 Å². The first kappa shape index (κ1) is 12.4. The first-order valence-corrected chi connectivity index (χ1v) is 5.25. The van der Waals surface area contributed by atoms with Crippen molar-refractivity contribution >= 4 is 11.5 Å². The first-order chi connectivity index (χ1) is 7.69. The van der Waals surface area contributed by atoms with Gasteiger partial charge < -0.3 is 11.1 Å². The summed E-state index contributed by atoms with van der Waals surface area (Å²) in [5.41, 5.74) is 5.56. The zero-order valence-corrected chi connectivity index (χ0v) is 9.22. The van der Waals surface area contributed by atoms with Crippen LogP contribution in [0, 0.1) is 10.1 Å². The molecule has 0 radical (unpaired) electrons. The summed E-state index contributed by atoms with van der Waals surface area (Å²) in [6.07, 6.45) is 3.36. The van der Waals surface area contributed by atoms with Crippen molar-refractivity contribution in [2.75, 3.05) is 11.9 Å². The second-order valence-electron chi connectivity index (χ2n) is 3.49. The third-order valence-electron chi connectivity index (χ3n) is 2.25. The molecule has 0 saturated heterocycles. The highest BCUT2D eigenvalue weighted by Crippen LogP contribution is 2.21. The smallest absolute Gasteiger partial charge is 0.311 e. The van der Waals surface area contributed by atoms with Gasteiger partial charge in [-0.15, -0.1) is 0 Å². The van der Waals surface area contributed by atoms with Crippen molar-refractivity contribution in [2.45, 2.75) is 25.8 Å². The topological polar surface area (TPSA) is 94.1 Å². The first-order valence-electron chi connectivity index (χ1n) is 5.25. The van der Waals surface area contributed by atoms with Gasteiger partial charge in [-0.25, -0.2) is 4.98 Å². The molecule has 1 atom stereocenters. The van der Waals surface area contributed by atoms with Gasteiger partial charge >= 0.3 is 5.69 Å². The second-order valence-corrected chi connectivity index (χ2v) is 3.49. The number of nitrogens with zero attached hydrogens (tertiary/aromatic N) is 2. The standard InChI is InChI=1S/C10H16N4O2/c1-2-4-8(7-11)13-10-9(14(15)16)5-3-6-12-10/h3,5-6,8H,2,4,7,11H2,1H3,(H,12,13). The third-order valence-corrected chi connectivity index (χ3v) is 2.25. The fourth-order valence-electron chi connectivity index (χ4n) is 1.45. The fourth-order valence-corrected chi connectivity index (χ4v) is 1.45. The normalized spacial score (nSPS) is 12.1. The molecule has 0 aromatic carbocycles. The molecule has 0 aliphatic carbocycles. The summed E-state index contributed by atoms with van der Waals surface area (Å²) in [7, 11) is 0. The maximum absolute atomic E-state index is 10.7. The number of anilines is 1. The Kier molecular flexibility index (Phi) is 4.65. The van der Waals surface area contributed by atoms with Gasteiger partial charge in [0, 0.05) is 24.8 Å². The van der Waals surface area contributed by atoms with E-state index in [2.05, 4.69) is 10.3 Å². The van der Waals surface area contributed by atoms with E-state index in [1.165, 1.54) is 12.3 Å². The van der Waals surface area contributed by atoms with Crippen LogP contribution in [-0.2, 0) is 0 Å². The molecule has 88 valence electrons. The zero-order valence-electron chi connectivity index (χ0n) is 9.22. The van der Waals surface area contributed by atoms with Crippen LogP contribution in [0.2, 0.25) is 0 Å². The quantitative estimate of drug-likeness (QED) is 0.564. The molecule has 1 aromatic rings. The van der Waals surface area contributed by atoms with E-state index in [1.54, 1.807) is 6.07 Å². The molecule has 0 aliphatic heterocycles. The highest BCUT2D eigenvalue weighted by Gasteiger charge is 2.16. The number of rotatable bonds is 6. The summed E-state index contributed by atoms with van der Waals surface area (Å²) in [5, 5.41) is 13.7. The van der Waals surface area contributed by atoms with Crippen LogP contribution in [0.1, 0.15) is 19.8 Å². The van der Waals surface area contributed by atoms with Crippen LogP contribution in [0.3, 0.4) is 0 Å². The lowest BCUT2D eigenvalue weighted by Gasteiger charge is -2.16. The fraction of sp³-hybridized carbons (Fsp3) is 0.500. The van der Waals surface area contributed by atoms with Gasteiger partial charge in [0.15, 0.2) is 0 Å². The van der Waals surface area contributed by atoms with Crippen molar-refractivity contribution in [3.63, 3.8) is 0 Å². The van der Waals surface area contributed by atoms with Crippen LogP contribution in [0.25, 0.3) is 0 Å². The molecule has 0 fully saturated rings. The molecule has 3 N–H and O–H groups in total. The van der Waals surface area contributed by atoms with Crippen LogP contribution in [0.15, 0.2) is 18.3 Å². The molecule has 1 unspecified atom stereocenters. The maximum Gasteiger partial charge on any atom is 0.311 e. The second kappa shape index (κ2) is 6.02. The van der Waals surface area contributed by atoms with Crippen molar-refractivity contribution in [1.82, 2.24) is 4.98 Å². The van der Waals surface area contributed by atoms with Gasteiger partial charge in [-0.1, -0.05) is 13.3 Å². The Morgan fingerprint density at radius 2 is 2.44 bits per heavy atom. The minimum Gasteiger partial charge on any atom is -0.360 e. The molecular formula is C10H16N4O2. The van der Waals surface area contributed by atoms with Gasteiger partial charge in [-0.05, 0) is 12.5 Å². The van der Waals surface area contributed by atoms with Crippen LogP contribution < -0.4 is 11.1 Å². The molecular weight excluding hydrogens is 208 g/mol. The van der Waals surface area contributed by atoms with E-state index >= 15 is 0 Å². The van der Waals surface area contributed by atoms with E-state index in [4.69, 9.17) is 5.73 Å². The molecule has 0 spiro atoms. The summed E-state index contributed by atoms with van der Waals surface area (Å²) < 4.78 is 0. The third kappa shape index (κ3) is 3.16. The molecule has 0 bridgehead atoms. The zero-order chi connectivity index (χ0) is 12.0. The predicted octanol–water partition coefficient (Wildman–Crippen LogP) is 1.53. The molecule has 0 saturated carbocycles. The predicted molar refractivity (Wildman–Crippen MR) is 62.3 cm³/mol. The maximum atomic E-state index is 10.7. The number of aromatic nitrogens is 1. The summed E-state index contributed by atoms with van der Waals surface area (Å²) in [6.45, 7) is 2.47. The summed E-state index contributed by atoms with van der Waals surface area (Å²) in [5.74, 6) is 0.288. The Morgan fingerprint density at radius 3 is 3.00 bits per heavy atom. The number of nitrogens with one attached hydrogen (secondary N) is 1. The summed E-state index contributed by atoms with van der Waals surface area (Å²) >= 11 is 0. The van der Waals surface area contributed by atoms with E-state index in [9.17, 15) is 10.1 Å². The molecule has 6 nitrogen and oxygen atoms in total. The Morgan fingerprint density at radius 1 is 1.69 bits per heavy atom. The molecule has 1 heterocycles. The Hall–Kier alpha value is -1.69. The lowest BCUT2D eigenvalue weighted by atomic mass is 10.1. The average molecular weight is 224 g/mol. The van der Waals surface area contributed by atoms with Crippen molar-refractivity contribution in [2.24, 2.45) is 5.73 Å². The van der Waals surface area contributed by atoms with Crippen molar-refractivity contribution < 1.29 is 4.92 Å². The number of nitro groups is 1. The van der Waals surface area contributed by atoms with Gasteiger partial charge in [0.05, 0.1) is 4.92 Å². The van der Waals surface area contributed by atoms with Gasteiger partial charge in [0.2, 0.25) is 5.82 Å². The lowest BCUT2D eigenvalue weighted by molar-refractivity contribution is -0.384. The van der Waals surface area contributed by atoms with E-state index < -0.39 is 4.92 Å². The van der Waals surface area contributed by atoms with Crippen LogP contribution >= 0.6 is 0 Å². The number of hydrogen-bond acceptors (Lipinski definition) is 5. The monoisotopic (exact) mass is 224 g/mol. The minimum absolute atomic E-state index is 0.0166.